The van der Waals surface area contributed by atoms with E-state index in [1.807, 2.05) is 0 Å². The van der Waals surface area contributed by atoms with Crippen LogP contribution in [0.2, 0.25) is 5.02 Å². The molecule has 0 aromatic heterocycles. The minimum Gasteiger partial charge on any atom is -0.383 e. The van der Waals surface area contributed by atoms with Gasteiger partial charge in [-0.3, -0.25) is 0 Å². The van der Waals surface area contributed by atoms with Crippen molar-refractivity contribution in [3.05, 3.63) is 22.7 Å². The molecular weight excluding hydrogens is 222 g/mol. The molecule has 0 unspecified atom stereocenters. The Bertz CT molecular complexity index is 482. The highest BCUT2D eigenvalue weighted by Crippen LogP contribution is 2.31. The lowest BCUT2D eigenvalue weighted by atomic mass is 10.2. The number of benzene rings is 1. The molecule has 0 saturated heterocycles. The van der Waals surface area contributed by atoms with Crippen LogP contribution in [-0.2, 0) is 9.84 Å². The quantitative estimate of drug-likeness (QED) is 0.741. The van der Waals surface area contributed by atoms with Crippen molar-refractivity contribution in [3.8, 4) is 0 Å². The molecular formula is C9H10ClNO2S. The first-order valence-corrected chi connectivity index (χ1v) is 6.30. The second-order valence-corrected chi connectivity index (χ2v) is 5.83. The summed E-state index contributed by atoms with van der Waals surface area (Å²) in [4.78, 5) is 0.366. The molecule has 0 spiro atoms. The molecule has 1 N–H and O–H groups in total. The zero-order chi connectivity index (χ0) is 10.3. The van der Waals surface area contributed by atoms with Gasteiger partial charge in [0.2, 0.25) is 0 Å². The number of halogens is 1. The largest absolute Gasteiger partial charge is 0.383 e. The number of hydrogen-bond donors (Lipinski definition) is 1. The van der Waals surface area contributed by atoms with E-state index in [2.05, 4.69) is 5.32 Å². The van der Waals surface area contributed by atoms with Crippen LogP contribution in [0, 0.1) is 6.92 Å². The lowest BCUT2D eigenvalue weighted by molar-refractivity contribution is 0.594. The molecule has 2 rings (SSSR count). The molecule has 0 amide bonds. The Labute approximate surface area is 88.0 Å². The van der Waals surface area contributed by atoms with Crippen molar-refractivity contribution in [1.82, 2.24) is 0 Å². The summed E-state index contributed by atoms with van der Waals surface area (Å²) in [7, 11) is -3.10. The van der Waals surface area contributed by atoms with Gasteiger partial charge < -0.3 is 5.32 Å². The van der Waals surface area contributed by atoms with Gasteiger partial charge in [-0.2, -0.15) is 0 Å². The van der Waals surface area contributed by atoms with Crippen molar-refractivity contribution in [2.24, 2.45) is 0 Å². The highest BCUT2D eigenvalue weighted by molar-refractivity contribution is 7.91. The standard InChI is InChI=1S/C9H10ClNO2S/c1-6-4-9-8(5-7(6)10)11-2-3-14(9,12)13/h4-5,11H,2-3H2,1H3. The summed E-state index contributed by atoms with van der Waals surface area (Å²) in [5, 5.41) is 3.61. The third kappa shape index (κ3) is 1.48. The third-order valence-corrected chi connectivity index (χ3v) is 4.44. The Balaban J connectivity index is 2.71. The Morgan fingerprint density at radius 1 is 1.43 bits per heavy atom. The number of nitrogens with one attached hydrogen (secondary N) is 1. The maximum atomic E-state index is 11.7. The topological polar surface area (TPSA) is 46.2 Å². The van der Waals surface area contributed by atoms with Crippen molar-refractivity contribution < 1.29 is 8.42 Å². The van der Waals surface area contributed by atoms with Crippen LogP contribution in [0.15, 0.2) is 17.0 Å². The van der Waals surface area contributed by atoms with Crippen LogP contribution >= 0.6 is 11.6 Å². The van der Waals surface area contributed by atoms with E-state index in [-0.39, 0.29) is 5.75 Å². The predicted molar refractivity (Wildman–Crippen MR) is 56.7 cm³/mol. The highest BCUT2D eigenvalue weighted by atomic mass is 35.5. The fourth-order valence-electron chi connectivity index (χ4n) is 1.48. The lowest BCUT2D eigenvalue weighted by Gasteiger charge is -2.19. The SMILES string of the molecule is Cc1cc2c(cc1Cl)NCCS2(=O)=O. The monoisotopic (exact) mass is 231 g/mol. The smallest absolute Gasteiger partial charge is 0.182 e. The Hall–Kier alpha value is -0.740. The summed E-state index contributed by atoms with van der Waals surface area (Å²) < 4.78 is 23.3. The van der Waals surface area contributed by atoms with Gasteiger partial charge >= 0.3 is 0 Å². The van der Waals surface area contributed by atoms with Gasteiger partial charge in [0.1, 0.15) is 0 Å². The summed E-state index contributed by atoms with van der Waals surface area (Å²) in [6.07, 6.45) is 0. The van der Waals surface area contributed by atoms with Crippen LogP contribution in [-0.4, -0.2) is 20.7 Å². The normalized spacial score (nSPS) is 18.4. The Kier molecular flexibility index (Phi) is 2.20. The molecule has 0 fully saturated rings. The zero-order valence-corrected chi connectivity index (χ0v) is 9.24. The molecule has 1 heterocycles. The summed E-state index contributed by atoms with van der Waals surface area (Å²) in [6, 6.07) is 3.29. The van der Waals surface area contributed by atoms with Gasteiger partial charge in [0.05, 0.1) is 16.3 Å². The summed E-state index contributed by atoms with van der Waals surface area (Å²) in [5.74, 6) is 0.154. The fourth-order valence-corrected chi connectivity index (χ4v) is 3.06. The van der Waals surface area contributed by atoms with Gasteiger partial charge in [-0.15, -0.1) is 0 Å². The van der Waals surface area contributed by atoms with Crippen molar-refractivity contribution in [3.63, 3.8) is 0 Å². The van der Waals surface area contributed by atoms with Crippen LogP contribution < -0.4 is 5.32 Å². The molecule has 76 valence electrons. The summed E-state index contributed by atoms with van der Waals surface area (Å²) in [6.45, 7) is 2.25. The van der Waals surface area contributed by atoms with Crippen LogP contribution in [0.1, 0.15) is 5.56 Å². The van der Waals surface area contributed by atoms with Gasteiger partial charge in [0.25, 0.3) is 0 Å². The van der Waals surface area contributed by atoms with Crippen LogP contribution in [0.5, 0.6) is 0 Å². The molecule has 14 heavy (non-hydrogen) atoms. The van der Waals surface area contributed by atoms with Gasteiger partial charge in [0, 0.05) is 11.6 Å². The summed E-state index contributed by atoms with van der Waals surface area (Å²) >= 11 is 5.90. The molecule has 1 aliphatic heterocycles. The first kappa shape index (κ1) is 9.80. The molecule has 1 aromatic rings. The second kappa shape index (κ2) is 3.14. The summed E-state index contributed by atoms with van der Waals surface area (Å²) in [5.41, 5.74) is 1.41. The third-order valence-electron chi connectivity index (χ3n) is 2.28. The minimum atomic E-state index is -3.10. The fraction of sp³-hybridized carbons (Fsp3) is 0.333. The maximum Gasteiger partial charge on any atom is 0.182 e. The second-order valence-electron chi connectivity index (χ2n) is 3.34. The minimum absolute atomic E-state index is 0.154. The van der Waals surface area contributed by atoms with E-state index in [0.717, 1.165) is 5.56 Å². The molecule has 0 bridgehead atoms. The van der Waals surface area contributed by atoms with Crippen LogP contribution in [0.25, 0.3) is 0 Å². The average molecular weight is 232 g/mol. The number of sulfone groups is 1. The zero-order valence-electron chi connectivity index (χ0n) is 7.67. The van der Waals surface area contributed by atoms with Crippen molar-refractivity contribution >= 4 is 27.1 Å². The van der Waals surface area contributed by atoms with Gasteiger partial charge in [0.15, 0.2) is 9.84 Å². The molecule has 0 aliphatic carbocycles. The van der Waals surface area contributed by atoms with E-state index in [1.165, 1.54) is 0 Å². The number of hydrogen-bond acceptors (Lipinski definition) is 3. The predicted octanol–water partition coefficient (Wildman–Crippen LogP) is 1.85. The van der Waals surface area contributed by atoms with Crippen LogP contribution in [0.3, 0.4) is 0 Å². The first-order chi connectivity index (χ1) is 6.50. The molecule has 1 aromatic carbocycles. The number of fused-ring (bicyclic) bond motifs is 1. The molecule has 0 radical (unpaired) electrons. The molecule has 3 nitrogen and oxygen atoms in total. The average Bonchev–Trinajstić information content (AvgIpc) is 2.08. The lowest BCUT2D eigenvalue weighted by Crippen LogP contribution is -2.23. The van der Waals surface area contributed by atoms with E-state index in [4.69, 9.17) is 11.6 Å². The number of rotatable bonds is 0. The van der Waals surface area contributed by atoms with Gasteiger partial charge in [-0.05, 0) is 24.6 Å². The Morgan fingerprint density at radius 2 is 2.14 bits per heavy atom. The van der Waals surface area contributed by atoms with E-state index < -0.39 is 9.84 Å². The molecule has 0 atom stereocenters. The number of aryl methyl sites for hydroxylation is 1. The molecule has 0 saturated carbocycles. The van der Waals surface area contributed by atoms with E-state index in [9.17, 15) is 8.42 Å². The van der Waals surface area contributed by atoms with E-state index >= 15 is 0 Å². The van der Waals surface area contributed by atoms with E-state index in [0.29, 0.717) is 22.2 Å². The van der Waals surface area contributed by atoms with Gasteiger partial charge in [-0.1, -0.05) is 11.6 Å². The molecule has 1 aliphatic rings. The van der Waals surface area contributed by atoms with Crippen molar-refractivity contribution in [2.45, 2.75) is 11.8 Å². The van der Waals surface area contributed by atoms with Crippen molar-refractivity contribution in [2.75, 3.05) is 17.6 Å². The van der Waals surface area contributed by atoms with E-state index in [1.54, 1.807) is 19.1 Å². The Morgan fingerprint density at radius 3 is 2.86 bits per heavy atom. The maximum absolute atomic E-state index is 11.7. The highest BCUT2D eigenvalue weighted by Gasteiger charge is 2.23. The molecule has 5 heteroatoms. The van der Waals surface area contributed by atoms with Crippen molar-refractivity contribution in [1.29, 1.82) is 0 Å². The number of anilines is 1. The first-order valence-electron chi connectivity index (χ1n) is 4.27. The van der Waals surface area contributed by atoms with Gasteiger partial charge in [-0.25, -0.2) is 8.42 Å². The van der Waals surface area contributed by atoms with Crippen LogP contribution in [0.4, 0.5) is 5.69 Å².